The molecule has 0 fully saturated rings. The molecule has 5 amide bonds. The Kier molecular flexibility index (Phi) is 15.5. The number of nitrogens with one attached hydrogen (secondary N) is 5. The highest BCUT2D eigenvalue weighted by atomic mass is 16.2. The van der Waals surface area contributed by atoms with E-state index in [9.17, 15) is 24.0 Å². The molecule has 0 spiro atoms. The van der Waals surface area contributed by atoms with Crippen molar-refractivity contribution < 1.29 is 24.0 Å². The van der Waals surface area contributed by atoms with Crippen LogP contribution in [0.25, 0.3) is 10.9 Å². The number of aromatic amines is 1. The first-order valence-corrected chi connectivity index (χ1v) is 18.5. The van der Waals surface area contributed by atoms with Crippen molar-refractivity contribution in [2.45, 2.75) is 89.6 Å². The molecule has 5 atom stereocenters. The quantitative estimate of drug-likeness (QED) is 0.0304. The zero-order valence-electron chi connectivity index (χ0n) is 31.9. The number of primary amides is 1. The average molecular weight is 772 g/mol. The van der Waals surface area contributed by atoms with Crippen LogP contribution < -0.4 is 44.2 Å². The van der Waals surface area contributed by atoms with Crippen molar-refractivity contribution in [3.05, 3.63) is 83.8 Å². The van der Waals surface area contributed by atoms with Gasteiger partial charge in [-0.1, -0.05) is 67.6 Å². The van der Waals surface area contributed by atoms with Gasteiger partial charge in [-0.3, -0.25) is 29.0 Å². The van der Waals surface area contributed by atoms with E-state index in [1.807, 2.05) is 74.6 Å². The summed E-state index contributed by atoms with van der Waals surface area (Å²) in [6.45, 7) is 5.74. The Balaban J connectivity index is 1.38. The van der Waals surface area contributed by atoms with E-state index in [1.165, 1.54) is 10.9 Å². The van der Waals surface area contributed by atoms with Gasteiger partial charge in [-0.25, -0.2) is 4.68 Å². The summed E-state index contributed by atoms with van der Waals surface area (Å²) in [5.74, 6) is -2.95. The van der Waals surface area contributed by atoms with Gasteiger partial charge in [0.05, 0.1) is 18.8 Å². The smallest absolute Gasteiger partial charge is 0.274 e. The number of aromatic nitrogens is 4. The van der Waals surface area contributed by atoms with E-state index in [-0.39, 0.29) is 43.4 Å². The van der Waals surface area contributed by atoms with Crippen LogP contribution in [0.4, 0.5) is 0 Å². The lowest BCUT2D eigenvalue weighted by atomic mass is 10.0. The standard InChI is InChI=1S/C38H53N13O5/c1-22(2)16-31(36(55)47-30(33(40)52)17-24-10-5-4-6-11-24)48-37(56)32-21-51(50-49-32)20-26(12-9-15-43-38(41)42)46-34(53)23(3)45-35(54)28(39)18-25-19-44-29-14-8-7-13-27(25)29/h4-8,10-11,13-14,19,21-23,26,28,30-31,44H,9,12,15-18,20,39H2,1-3H3,(H2,40,52)(H,45,54)(H,46,53)(H,47,55)(H,48,56)(H4,41,42,43)/t23-,26-,28-,30-,31-/m0/s1. The van der Waals surface area contributed by atoms with Gasteiger partial charge in [0.25, 0.3) is 5.91 Å². The number of carbonyl (C=O) groups is 5. The third kappa shape index (κ3) is 12.9. The Morgan fingerprint density at radius 1 is 0.839 bits per heavy atom. The summed E-state index contributed by atoms with van der Waals surface area (Å²) >= 11 is 0. The van der Waals surface area contributed by atoms with Crippen molar-refractivity contribution in [2.75, 3.05) is 6.54 Å². The molecule has 0 unspecified atom stereocenters. The zero-order chi connectivity index (χ0) is 40.8. The molecule has 4 rings (SSSR count). The fourth-order valence-corrected chi connectivity index (χ4v) is 6.09. The van der Waals surface area contributed by atoms with Crippen LogP contribution in [-0.2, 0) is 38.6 Å². The molecule has 13 N–H and O–H groups in total. The van der Waals surface area contributed by atoms with Crippen LogP contribution in [0.2, 0.25) is 0 Å². The van der Waals surface area contributed by atoms with Gasteiger partial charge in [0.2, 0.25) is 23.6 Å². The van der Waals surface area contributed by atoms with E-state index < -0.39 is 59.7 Å². The predicted molar refractivity (Wildman–Crippen MR) is 211 cm³/mol. The number of carbonyl (C=O) groups excluding carboxylic acids is 5. The molecule has 0 radical (unpaired) electrons. The molecule has 0 aliphatic carbocycles. The lowest BCUT2D eigenvalue weighted by Crippen LogP contribution is -2.54. The number of guanidine groups is 1. The molecule has 300 valence electrons. The number of benzene rings is 2. The molecule has 2 heterocycles. The molecule has 0 saturated heterocycles. The number of hydrogen-bond donors (Lipinski definition) is 9. The second kappa shape index (κ2) is 20.4. The number of amides is 5. The minimum Gasteiger partial charge on any atom is -0.370 e. The third-order valence-corrected chi connectivity index (χ3v) is 9.01. The lowest BCUT2D eigenvalue weighted by molar-refractivity contribution is -0.129. The van der Waals surface area contributed by atoms with Gasteiger partial charge >= 0.3 is 0 Å². The van der Waals surface area contributed by atoms with Crippen molar-refractivity contribution >= 4 is 46.4 Å². The number of hydrogen-bond acceptors (Lipinski definition) is 9. The van der Waals surface area contributed by atoms with Gasteiger partial charge in [0, 0.05) is 36.1 Å². The number of H-pyrrole nitrogens is 1. The number of rotatable bonds is 21. The first kappa shape index (κ1) is 42.4. The number of nitrogens with two attached hydrogens (primary N) is 4. The predicted octanol–water partition coefficient (Wildman–Crippen LogP) is -0.270. The summed E-state index contributed by atoms with van der Waals surface area (Å²) < 4.78 is 1.39. The van der Waals surface area contributed by atoms with Crippen LogP contribution in [0.15, 0.2) is 72.0 Å². The average Bonchev–Trinajstić information content (AvgIpc) is 3.80. The maximum Gasteiger partial charge on any atom is 0.274 e. The van der Waals surface area contributed by atoms with E-state index in [4.69, 9.17) is 22.9 Å². The van der Waals surface area contributed by atoms with Crippen LogP contribution in [-0.4, -0.2) is 92.2 Å². The highest BCUT2D eigenvalue weighted by Gasteiger charge is 2.28. The highest BCUT2D eigenvalue weighted by Crippen LogP contribution is 2.19. The van der Waals surface area contributed by atoms with E-state index in [0.29, 0.717) is 19.4 Å². The van der Waals surface area contributed by atoms with Crippen LogP contribution in [0.5, 0.6) is 0 Å². The monoisotopic (exact) mass is 771 g/mol. The van der Waals surface area contributed by atoms with Crippen molar-refractivity contribution in [2.24, 2.45) is 33.8 Å². The fraction of sp³-hybridized carbons (Fsp3) is 0.421. The number of para-hydroxylation sites is 1. The van der Waals surface area contributed by atoms with E-state index >= 15 is 0 Å². The summed E-state index contributed by atoms with van der Waals surface area (Å²) in [7, 11) is 0. The first-order valence-electron chi connectivity index (χ1n) is 18.5. The van der Waals surface area contributed by atoms with Gasteiger partial charge in [-0.15, -0.1) is 5.10 Å². The largest absolute Gasteiger partial charge is 0.370 e. The number of fused-ring (bicyclic) bond motifs is 1. The van der Waals surface area contributed by atoms with Crippen LogP contribution in [0.3, 0.4) is 0 Å². The molecule has 0 aliphatic rings. The van der Waals surface area contributed by atoms with Gasteiger partial charge in [0.1, 0.15) is 18.1 Å². The maximum atomic E-state index is 13.4. The number of aliphatic imine (C=N–C) groups is 1. The minimum absolute atomic E-state index is 0.00797. The first-order chi connectivity index (χ1) is 26.7. The second-order valence-electron chi connectivity index (χ2n) is 14.2. The summed E-state index contributed by atoms with van der Waals surface area (Å²) in [5, 5.41) is 20.1. The van der Waals surface area contributed by atoms with Crippen LogP contribution in [0, 0.1) is 5.92 Å². The molecule has 0 aliphatic heterocycles. The van der Waals surface area contributed by atoms with Crippen molar-refractivity contribution in [3.63, 3.8) is 0 Å². The van der Waals surface area contributed by atoms with Crippen molar-refractivity contribution in [3.8, 4) is 0 Å². The molecule has 18 heteroatoms. The highest BCUT2D eigenvalue weighted by molar-refractivity contribution is 5.97. The Morgan fingerprint density at radius 2 is 1.55 bits per heavy atom. The molecule has 4 aromatic rings. The summed E-state index contributed by atoms with van der Waals surface area (Å²) in [5.41, 5.74) is 25.3. The Labute approximate surface area is 325 Å². The summed E-state index contributed by atoms with van der Waals surface area (Å²) in [6, 6.07) is 12.4. The Hall–Kier alpha value is -6.30. The molecule has 0 bridgehead atoms. The molecule has 0 saturated carbocycles. The van der Waals surface area contributed by atoms with Crippen molar-refractivity contribution in [1.82, 2.24) is 41.2 Å². The molecular weight excluding hydrogens is 719 g/mol. The third-order valence-electron chi connectivity index (χ3n) is 9.01. The molecule has 18 nitrogen and oxygen atoms in total. The molecule has 56 heavy (non-hydrogen) atoms. The minimum atomic E-state index is -1.000. The lowest BCUT2D eigenvalue weighted by Gasteiger charge is -2.23. The van der Waals surface area contributed by atoms with Gasteiger partial charge < -0.3 is 49.2 Å². The maximum absolute atomic E-state index is 13.4. The van der Waals surface area contributed by atoms with E-state index in [1.54, 1.807) is 6.92 Å². The van der Waals surface area contributed by atoms with Gasteiger partial charge in [0.15, 0.2) is 11.7 Å². The Morgan fingerprint density at radius 3 is 2.25 bits per heavy atom. The van der Waals surface area contributed by atoms with E-state index in [0.717, 1.165) is 22.0 Å². The number of nitrogens with zero attached hydrogens (tertiary/aromatic N) is 4. The molecule has 2 aromatic carbocycles. The zero-order valence-corrected chi connectivity index (χ0v) is 31.9. The second-order valence-corrected chi connectivity index (χ2v) is 14.2. The Bertz CT molecular complexity index is 1970. The fourth-order valence-electron chi connectivity index (χ4n) is 6.09. The van der Waals surface area contributed by atoms with Gasteiger partial charge in [-0.2, -0.15) is 0 Å². The molecule has 2 aromatic heterocycles. The summed E-state index contributed by atoms with van der Waals surface area (Å²) in [6.07, 6.45) is 4.84. The SMILES string of the molecule is CC(C)C[C@H](NC(=O)c1cn(C[C@H](CCCN=C(N)N)NC(=O)[C@H](C)NC(=O)[C@@H](N)Cc2c[nH]c3ccccc23)nn1)C(=O)N[C@@H](Cc1ccccc1)C(N)=O. The van der Waals surface area contributed by atoms with Gasteiger partial charge in [-0.05, 0) is 55.7 Å². The van der Waals surface area contributed by atoms with Crippen LogP contribution >= 0.6 is 0 Å². The summed E-state index contributed by atoms with van der Waals surface area (Å²) in [4.78, 5) is 72.5. The normalized spacial score (nSPS) is 13.9. The van der Waals surface area contributed by atoms with Crippen molar-refractivity contribution in [1.29, 1.82) is 0 Å². The van der Waals surface area contributed by atoms with E-state index in [2.05, 4.69) is 41.6 Å². The van der Waals surface area contributed by atoms with Crippen LogP contribution in [0.1, 0.15) is 61.6 Å². The molecular formula is C38H53N13O5. The topological polar surface area (TPSA) is 296 Å².